The first kappa shape index (κ1) is 18.5. The van der Waals surface area contributed by atoms with E-state index in [1.807, 2.05) is 52.3 Å². The molecule has 0 bridgehead atoms. The van der Waals surface area contributed by atoms with Gasteiger partial charge in [-0.1, -0.05) is 26.0 Å². The maximum Gasteiger partial charge on any atom is 0.253 e. The van der Waals surface area contributed by atoms with E-state index < -0.39 is 0 Å². The Bertz CT molecular complexity index is 881. The molecule has 0 N–H and O–H groups in total. The van der Waals surface area contributed by atoms with E-state index >= 15 is 0 Å². The number of ether oxygens (including phenoxy) is 1. The Labute approximate surface area is 165 Å². The molecule has 2 heterocycles. The molecule has 0 atom stereocenters. The molecule has 0 unspecified atom stereocenters. The van der Waals surface area contributed by atoms with Crippen molar-refractivity contribution in [3.05, 3.63) is 64.7 Å². The van der Waals surface area contributed by atoms with Gasteiger partial charge in [-0.3, -0.25) is 9.59 Å². The van der Waals surface area contributed by atoms with Gasteiger partial charge in [-0.05, 0) is 47.4 Å². The Morgan fingerprint density at radius 2 is 1.43 bits per heavy atom. The third-order valence-corrected chi connectivity index (χ3v) is 5.61. The van der Waals surface area contributed by atoms with Crippen molar-refractivity contribution >= 4 is 11.8 Å². The van der Waals surface area contributed by atoms with E-state index in [0.29, 0.717) is 49.8 Å². The Hall–Kier alpha value is -2.82. The summed E-state index contributed by atoms with van der Waals surface area (Å²) in [6, 6.07) is 13.5. The minimum absolute atomic E-state index is 0.0306. The zero-order valence-electron chi connectivity index (χ0n) is 16.5. The molecule has 146 valence electrons. The van der Waals surface area contributed by atoms with E-state index in [9.17, 15) is 9.59 Å². The molecule has 1 saturated heterocycles. The van der Waals surface area contributed by atoms with E-state index in [0.717, 1.165) is 17.7 Å². The van der Waals surface area contributed by atoms with Crippen molar-refractivity contribution in [3.63, 3.8) is 0 Å². The van der Waals surface area contributed by atoms with Crippen LogP contribution in [0.4, 0.5) is 0 Å². The predicted molar refractivity (Wildman–Crippen MR) is 108 cm³/mol. The van der Waals surface area contributed by atoms with Crippen LogP contribution in [0.15, 0.2) is 42.5 Å². The fourth-order valence-electron chi connectivity index (χ4n) is 3.81. The van der Waals surface area contributed by atoms with Crippen LogP contribution < -0.4 is 4.74 Å². The Morgan fingerprint density at radius 3 is 2.04 bits per heavy atom. The van der Waals surface area contributed by atoms with Gasteiger partial charge < -0.3 is 14.5 Å². The first-order chi connectivity index (χ1) is 13.5. The molecule has 1 fully saturated rings. The number of piperazine rings is 1. The van der Waals surface area contributed by atoms with Crippen LogP contribution in [0.5, 0.6) is 5.75 Å². The summed E-state index contributed by atoms with van der Waals surface area (Å²) >= 11 is 0. The maximum absolute atomic E-state index is 12.8. The fraction of sp³-hybridized carbons (Fsp3) is 0.391. The number of hydrogen-bond donors (Lipinski definition) is 0. The minimum Gasteiger partial charge on any atom is -0.493 e. The van der Waals surface area contributed by atoms with Crippen molar-refractivity contribution in [2.24, 2.45) is 0 Å². The van der Waals surface area contributed by atoms with Crippen molar-refractivity contribution in [2.45, 2.75) is 26.2 Å². The number of carbonyl (C=O) groups is 2. The molecule has 2 aromatic carbocycles. The molecule has 0 radical (unpaired) electrons. The van der Waals surface area contributed by atoms with Crippen molar-refractivity contribution in [1.82, 2.24) is 9.80 Å². The monoisotopic (exact) mass is 378 g/mol. The second kappa shape index (κ2) is 7.66. The number of amides is 2. The fourth-order valence-corrected chi connectivity index (χ4v) is 3.81. The van der Waals surface area contributed by atoms with Crippen LogP contribution in [-0.2, 0) is 6.42 Å². The quantitative estimate of drug-likeness (QED) is 0.823. The van der Waals surface area contributed by atoms with E-state index in [1.165, 1.54) is 5.56 Å². The Morgan fingerprint density at radius 1 is 0.857 bits per heavy atom. The second-order valence-corrected chi connectivity index (χ2v) is 7.78. The number of carbonyl (C=O) groups excluding carboxylic acids is 2. The molecule has 2 aromatic rings. The van der Waals surface area contributed by atoms with E-state index in [2.05, 4.69) is 13.8 Å². The predicted octanol–water partition coefficient (Wildman–Crippen LogP) is 3.34. The number of hydrogen-bond acceptors (Lipinski definition) is 3. The van der Waals surface area contributed by atoms with Gasteiger partial charge >= 0.3 is 0 Å². The standard InChI is InChI=1S/C23H26N2O3/c1-16(2)17-3-5-18(6-4-17)22(26)24-10-12-25(13-11-24)23(27)20-7-8-21-19(15-20)9-14-28-21/h3-8,15-16H,9-14H2,1-2H3. The molecule has 2 aliphatic heterocycles. The maximum atomic E-state index is 12.8. The van der Waals surface area contributed by atoms with Crippen LogP contribution in [0, 0.1) is 0 Å². The highest BCUT2D eigenvalue weighted by Crippen LogP contribution is 2.26. The van der Waals surface area contributed by atoms with E-state index in [4.69, 9.17) is 4.74 Å². The van der Waals surface area contributed by atoms with Gasteiger partial charge in [0.15, 0.2) is 0 Å². The third-order valence-electron chi connectivity index (χ3n) is 5.61. The lowest BCUT2D eigenvalue weighted by Gasteiger charge is -2.35. The molecule has 0 aromatic heterocycles. The number of nitrogens with zero attached hydrogens (tertiary/aromatic N) is 2. The Kier molecular flexibility index (Phi) is 5.07. The van der Waals surface area contributed by atoms with Crippen molar-refractivity contribution < 1.29 is 14.3 Å². The molecule has 28 heavy (non-hydrogen) atoms. The van der Waals surface area contributed by atoms with Crippen LogP contribution in [-0.4, -0.2) is 54.4 Å². The van der Waals surface area contributed by atoms with Crippen LogP contribution in [0.1, 0.15) is 51.6 Å². The van der Waals surface area contributed by atoms with Crippen LogP contribution in [0.3, 0.4) is 0 Å². The van der Waals surface area contributed by atoms with Gasteiger partial charge in [0.25, 0.3) is 11.8 Å². The molecule has 5 heteroatoms. The number of fused-ring (bicyclic) bond motifs is 1. The van der Waals surface area contributed by atoms with Gasteiger partial charge in [-0.15, -0.1) is 0 Å². The smallest absolute Gasteiger partial charge is 0.253 e. The molecular weight excluding hydrogens is 352 g/mol. The molecule has 5 nitrogen and oxygen atoms in total. The number of benzene rings is 2. The van der Waals surface area contributed by atoms with Crippen LogP contribution in [0.2, 0.25) is 0 Å². The highest BCUT2D eigenvalue weighted by atomic mass is 16.5. The molecule has 2 aliphatic rings. The average Bonchev–Trinajstić information content (AvgIpc) is 3.21. The summed E-state index contributed by atoms with van der Waals surface area (Å²) in [4.78, 5) is 29.3. The highest BCUT2D eigenvalue weighted by molar-refractivity contribution is 5.96. The highest BCUT2D eigenvalue weighted by Gasteiger charge is 2.26. The summed E-state index contributed by atoms with van der Waals surface area (Å²) in [6.07, 6.45) is 0.855. The zero-order chi connectivity index (χ0) is 19.7. The van der Waals surface area contributed by atoms with E-state index in [1.54, 1.807) is 0 Å². The molecule has 4 rings (SSSR count). The molecule has 0 spiro atoms. The second-order valence-electron chi connectivity index (χ2n) is 7.78. The number of rotatable bonds is 3. The summed E-state index contributed by atoms with van der Waals surface area (Å²) in [5, 5.41) is 0. The normalized spacial score (nSPS) is 16.1. The van der Waals surface area contributed by atoms with Crippen molar-refractivity contribution in [3.8, 4) is 5.75 Å². The summed E-state index contributed by atoms with van der Waals surface area (Å²) in [6.45, 7) is 7.20. The zero-order valence-corrected chi connectivity index (χ0v) is 16.5. The minimum atomic E-state index is 0.0306. The first-order valence-electron chi connectivity index (χ1n) is 9.97. The lowest BCUT2D eigenvalue weighted by molar-refractivity contribution is 0.0535. The van der Waals surface area contributed by atoms with Gasteiger partial charge in [0.2, 0.25) is 0 Å². The Balaban J connectivity index is 1.37. The van der Waals surface area contributed by atoms with Gasteiger partial charge in [0, 0.05) is 43.7 Å². The van der Waals surface area contributed by atoms with Crippen molar-refractivity contribution in [2.75, 3.05) is 32.8 Å². The third kappa shape index (κ3) is 3.61. The topological polar surface area (TPSA) is 49.9 Å². The molecule has 0 aliphatic carbocycles. The van der Waals surface area contributed by atoms with Gasteiger partial charge in [0.05, 0.1) is 6.61 Å². The molecule has 0 saturated carbocycles. The lowest BCUT2D eigenvalue weighted by atomic mass is 10.0. The summed E-state index contributed by atoms with van der Waals surface area (Å²) in [5.74, 6) is 1.40. The summed E-state index contributed by atoms with van der Waals surface area (Å²) < 4.78 is 5.51. The molecular formula is C23H26N2O3. The van der Waals surface area contributed by atoms with Crippen LogP contribution in [0.25, 0.3) is 0 Å². The summed E-state index contributed by atoms with van der Waals surface area (Å²) in [7, 11) is 0. The van der Waals surface area contributed by atoms with Crippen LogP contribution >= 0.6 is 0 Å². The average molecular weight is 378 g/mol. The molecule has 2 amide bonds. The van der Waals surface area contributed by atoms with Crippen molar-refractivity contribution in [1.29, 1.82) is 0 Å². The van der Waals surface area contributed by atoms with E-state index in [-0.39, 0.29) is 11.8 Å². The summed E-state index contributed by atoms with van der Waals surface area (Å²) in [5.41, 5.74) is 3.74. The lowest BCUT2D eigenvalue weighted by Crippen LogP contribution is -2.50. The SMILES string of the molecule is CC(C)c1ccc(C(=O)N2CCN(C(=O)c3ccc4c(c3)CCO4)CC2)cc1. The van der Waals surface area contributed by atoms with Gasteiger partial charge in [0.1, 0.15) is 5.75 Å². The van der Waals surface area contributed by atoms with Gasteiger partial charge in [-0.2, -0.15) is 0 Å². The largest absolute Gasteiger partial charge is 0.493 e. The van der Waals surface area contributed by atoms with Gasteiger partial charge in [-0.25, -0.2) is 0 Å². The first-order valence-corrected chi connectivity index (χ1v) is 9.97.